The van der Waals surface area contributed by atoms with Gasteiger partial charge < -0.3 is 0 Å². The zero-order valence-electron chi connectivity index (χ0n) is 11.6. The highest BCUT2D eigenvalue weighted by atomic mass is 32.1. The Morgan fingerprint density at radius 3 is 1.65 bits per heavy atom. The van der Waals surface area contributed by atoms with Crippen LogP contribution in [0.5, 0.6) is 0 Å². The summed E-state index contributed by atoms with van der Waals surface area (Å²) in [6.45, 7) is 0. The average molecular weight is 335 g/mol. The predicted octanol–water partition coefficient (Wildman–Crippen LogP) is 1.91. The number of carbonyl (C=O) groups is 2. The summed E-state index contributed by atoms with van der Waals surface area (Å²) in [6, 6.07) is 9.75. The predicted molar refractivity (Wildman–Crippen MR) is 83.5 cm³/mol. The molecule has 0 spiro atoms. The number of benzene rings is 2. The molecule has 2 aromatic rings. The molecule has 8 heteroatoms. The largest absolute Gasteiger partial charge is 0.298 e. The molecule has 23 heavy (non-hydrogen) atoms. The Morgan fingerprint density at radius 1 is 0.739 bits per heavy atom. The molecule has 0 aliphatic heterocycles. The Kier molecular flexibility index (Phi) is 5.32. The van der Waals surface area contributed by atoms with Crippen LogP contribution in [-0.4, -0.2) is 16.9 Å². The van der Waals surface area contributed by atoms with Crippen LogP contribution in [0.25, 0.3) is 0 Å². The lowest BCUT2D eigenvalue weighted by atomic mass is 10.2. The molecule has 0 aromatic heterocycles. The van der Waals surface area contributed by atoms with Gasteiger partial charge in [-0.05, 0) is 60.7 Å². The summed E-state index contributed by atoms with van der Waals surface area (Å²) < 4.78 is 25.5. The van der Waals surface area contributed by atoms with Gasteiger partial charge in [0.25, 0.3) is 11.8 Å². The minimum absolute atomic E-state index is 0.144. The summed E-state index contributed by atoms with van der Waals surface area (Å²) in [5.41, 5.74) is 5.02. The first-order valence-electron chi connectivity index (χ1n) is 6.38. The van der Waals surface area contributed by atoms with Crippen LogP contribution in [0.15, 0.2) is 48.5 Å². The van der Waals surface area contributed by atoms with Gasteiger partial charge in [0.2, 0.25) is 0 Å². The molecule has 0 atom stereocenters. The van der Waals surface area contributed by atoms with E-state index in [1.54, 1.807) is 0 Å². The van der Waals surface area contributed by atoms with Crippen molar-refractivity contribution < 1.29 is 18.4 Å². The molecule has 5 nitrogen and oxygen atoms in total. The van der Waals surface area contributed by atoms with E-state index in [-0.39, 0.29) is 16.2 Å². The first-order valence-corrected chi connectivity index (χ1v) is 6.79. The van der Waals surface area contributed by atoms with Gasteiger partial charge in [0.05, 0.1) is 0 Å². The third kappa shape index (κ3) is 4.82. The lowest BCUT2D eigenvalue weighted by Crippen LogP contribution is -2.48. The zero-order chi connectivity index (χ0) is 16.8. The molecular formula is C15H11F2N3O2S. The van der Waals surface area contributed by atoms with Crippen LogP contribution < -0.4 is 16.2 Å². The van der Waals surface area contributed by atoms with Gasteiger partial charge in [-0.2, -0.15) is 0 Å². The van der Waals surface area contributed by atoms with Crippen molar-refractivity contribution in [1.82, 2.24) is 16.2 Å². The highest BCUT2D eigenvalue weighted by Crippen LogP contribution is 2.03. The first-order chi connectivity index (χ1) is 11.0. The maximum absolute atomic E-state index is 12.8. The van der Waals surface area contributed by atoms with Crippen LogP contribution in [-0.2, 0) is 0 Å². The summed E-state index contributed by atoms with van der Waals surface area (Å²) in [5.74, 6) is -2.03. The van der Waals surface area contributed by atoms with Gasteiger partial charge in [0.15, 0.2) is 5.11 Å². The molecule has 0 saturated carbocycles. The molecular weight excluding hydrogens is 324 g/mol. The summed E-state index contributed by atoms with van der Waals surface area (Å²) in [6.07, 6.45) is 0. The van der Waals surface area contributed by atoms with Crippen molar-refractivity contribution in [2.24, 2.45) is 0 Å². The van der Waals surface area contributed by atoms with E-state index in [0.29, 0.717) is 0 Å². The number of carbonyl (C=O) groups excluding carboxylic acids is 2. The Bertz CT molecular complexity index is 733. The van der Waals surface area contributed by atoms with E-state index in [2.05, 4.69) is 16.2 Å². The third-order valence-electron chi connectivity index (χ3n) is 2.73. The van der Waals surface area contributed by atoms with E-state index in [1.165, 1.54) is 24.3 Å². The van der Waals surface area contributed by atoms with Crippen LogP contribution >= 0.6 is 12.2 Å². The monoisotopic (exact) mass is 335 g/mol. The molecule has 0 radical (unpaired) electrons. The van der Waals surface area contributed by atoms with Gasteiger partial charge in [-0.15, -0.1) is 0 Å². The molecule has 0 fully saturated rings. The highest BCUT2D eigenvalue weighted by molar-refractivity contribution is 7.80. The van der Waals surface area contributed by atoms with Gasteiger partial charge in [-0.1, -0.05) is 0 Å². The Morgan fingerprint density at radius 2 is 1.17 bits per heavy atom. The van der Waals surface area contributed by atoms with Crippen molar-refractivity contribution in [2.45, 2.75) is 0 Å². The first kappa shape index (κ1) is 16.5. The Hall–Kier alpha value is -2.87. The minimum atomic E-state index is -0.557. The van der Waals surface area contributed by atoms with Crippen molar-refractivity contribution in [3.05, 3.63) is 71.3 Å². The number of hydrogen-bond donors (Lipinski definition) is 3. The van der Waals surface area contributed by atoms with Crippen molar-refractivity contribution in [3.63, 3.8) is 0 Å². The van der Waals surface area contributed by atoms with Crippen LogP contribution in [0.1, 0.15) is 20.7 Å². The van der Waals surface area contributed by atoms with Gasteiger partial charge in [0.1, 0.15) is 11.6 Å². The van der Waals surface area contributed by atoms with Gasteiger partial charge in [-0.3, -0.25) is 25.8 Å². The van der Waals surface area contributed by atoms with E-state index in [9.17, 15) is 18.4 Å². The normalized spacial score (nSPS) is 9.83. The SMILES string of the molecule is O=C(NNC(=S)NC(=O)c1ccc(F)cc1)c1ccc(F)cc1. The molecule has 0 aliphatic rings. The average Bonchev–Trinajstić information content (AvgIpc) is 2.54. The number of nitrogens with one attached hydrogen (secondary N) is 3. The Balaban J connectivity index is 1.85. The number of hydrazine groups is 1. The molecule has 2 amide bonds. The second kappa shape index (κ2) is 7.41. The fraction of sp³-hybridized carbons (Fsp3) is 0. The van der Waals surface area contributed by atoms with E-state index >= 15 is 0 Å². The van der Waals surface area contributed by atoms with Crippen LogP contribution in [0.3, 0.4) is 0 Å². The molecule has 2 rings (SSSR count). The van der Waals surface area contributed by atoms with E-state index in [4.69, 9.17) is 12.2 Å². The second-order valence-electron chi connectivity index (χ2n) is 4.38. The fourth-order valence-corrected chi connectivity index (χ4v) is 1.74. The smallest absolute Gasteiger partial charge is 0.269 e. The van der Waals surface area contributed by atoms with Crippen molar-refractivity contribution >= 4 is 29.1 Å². The molecule has 0 saturated heterocycles. The van der Waals surface area contributed by atoms with Gasteiger partial charge >= 0.3 is 0 Å². The van der Waals surface area contributed by atoms with Crippen LogP contribution in [0.4, 0.5) is 8.78 Å². The fourth-order valence-electron chi connectivity index (χ4n) is 1.59. The number of halogens is 2. The van der Waals surface area contributed by atoms with Crippen molar-refractivity contribution in [2.75, 3.05) is 0 Å². The van der Waals surface area contributed by atoms with Gasteiger partial charge in [-0.25, -0.2) is 8.78 Å². The molecule has 0 bridgehead atoms. The summed E-state index contributed by atoms with van der Waals surface area (Å²) in [4.78, 5) is 23.5. The maximum Gasteiger partial charge on any atom is 0.269 e. The summed E-state index contributed by atoms with van der Waals surface area (Å²) >= 11 is 4.85. The number of hydrogen-bond acceptors (Lipinski definition) is 3. The standard InChI is InChI=1S/C15H11F2N3O2S/c16-11-5-1-9(2-6-11)13(21)18-15(23)20-19-14(22)10-3-7-12(17)8-4-10/h1-8H,(H,19,22)(H2,18,20,21,23). The van der Waals surface area contributed by atoms with Crippen molar-refractivity contribution in [3.8, 4) is 0 Å². The number of amides is 2. The van der Waals surface area contributed by atoms with Crippen molar-refractivity contribution in [1.29, 1.82) is 0 Å². The number of thiocarbonyl (C=S) groups is 1. The van der Waals surface area contributed by atoms with Crippen LogP contribution in [0.2, 0.25) is 0 Å². The molecule has 0 unspecified atom stereocenters. The molecule has 0 heterocycles. The van der Waals surface area contributed by atoms with Gasteiger partial charge in [0, 0.05) is 11.1 Å². The molecule has 0 aliphatic carbocycles. The molecule has 118 valence electrons. The quantitative estimate of drug-likeness (QED) is 0.579. The molecule has 3 N–H and O–H groups in total. The lowest BCUT2D eigenvalue weighted by molar-refractivity contribution is 0.0934. The molecule has 2 aromatic carbocycles. The summed E-state index contributed by atoms with van der Waals surface area (Å²) in [5, 5.41) is 2.17. The Labute approximate surface area is 135 Å². The topological polar surface area (TPSA) is 70.2 Å². The van der Waals surface area contributed by atoms with E-state index in [0.717, 1.165) is 24.3 Å². The third-order valence-corrected chi connectivity index (χ3v) is 2.93. The van der Waals surface area contributed by atoms with Crippen LogP contribution in [0, 0.1) is 11.6 Å². The van der Waals surface area contributed by atoms with E-state index in [1.807, 2.05) is 0 Å². The zero-order valence-corrected chi connectivity index (χ0v) is 12.4. The lowest BCUT2D eigenvalue weighted by Gasteiger charge is -2.10. The maximum atomic E-state index is 12.8. The van der Waals surface area contributed by atoms with E-state index < -0.39 is 23.4 Å². The summed E-state index contributed by atoms with van der Waals surface area (Å²) in [7, 11) is 0. The minimum Gasteiger partial charge on any atom is -0.298 e. The number of rotatable bonds is 2. The second-order valence-corrected chi connectivity index (χ2v) is 4.78. The highest BCUT2D eigenvalue weighted by Gasteiger charge is 2.09.